The van der Waals surface area contributed by atoms with Crippen LogP contribution in [0.5, 0.6) is 0 Å². The maximum atomic E-state index is 14.0. The van der Waals surface area contributed by atoms with E-state index in [0.717, 1.165) is 66.0 Å². The molecule has 0 spiro atoms. The van der Waals surface area contributed by atoms with Crippen LogP contribution in [0, 0.1) is 5.82 Å². The Morgan fingerprint density at radius 1 is 1.06 bits per heavy atom. The molecule has 1 aromatic carbocycles. The van der Waals surface area contributed by atoms with Crippen LogP contribution >= 0.6 is 11.3 Å². The Balaban J connectivity index is 1.52. The third-order valence-corrected chi connectivity index (χ3v) is 7.20. The Morgan fingerprint density at radius 3 is 2.65 bits per heavy atom. The van der Waals surface area contributed by atoms with Crippen molar-refractivity contribution in [2.24, 2.45) is 0 Å². The van der Waals surface area contributed by atoms with Crippen molar-refractivity contribution < 1.29 is 4.39 Å². The number of nitrogens with one attached hydrogen (secondary N) is 1. The van der Waals surface area contributed by atoms with E-state index in [1.807, 2.05) is 12.1 Å². The van der Waals surface area contributed by atoms with Crippen molar-refractivity contribution in [1.29, 1.82) is 0 Å². The number of piperazine rings is 1. The number of nitrogens with zero attached hydrogens (tertiary/aromatic N) is 5. The van der Waals surface area contributed by atoms with E-state index in [-0.39, 0.29) is 5.82 Å². The van der Waals surface area contributed by atoms with Crippen LogP contribution in [-0.2, 0) is 0 Å². The van der Waals surface area contributed by atoms with Gasteiger partial charge in [0.2, 0.25) is 5.95 Å². The highest BCUT2D eigenvalue weighted by atomic mass is 32.1. The molecule has 0 bridgehead atoms. The van der Waals surface area contributed by atoms with E-state index < -0.39 is 0 Å². The molecule has 6 nitrogen and oxygen atoms in total. The molecule has 8 heteroatoms. The Morgan fingerprint density at radius 2 is 1.87 bits per heavy atom. The van der Waals surface area contributed by atoms with Crippen LogP contribution in [0.15, 0.2) is 36.5 Å². The van der Waals surface area contributed by atoms with Crippen molar-refractivity contribution in [2.45, 2.75) is 31.7 Å². The minimum absolute atomic E-state index is 0.260. The lowest BCUT2D eigenvalue weighted by Crippen LogP contribution is -2.44. The average Bonchev–Trinajstić information content (AvgIpc) is 3.45. The lowest BCUT2D eigenvalue weighted by Gasteiger charge is -2.32. The van der Waals surface area contributed by atoms with Gasteiger partial charge in [0, 0.05) is 44.0 Å². The van der Waals surface area contributed by atoms with Crippen LogP contribution in [0.2, 0.25) is 0 Å². The Kier molecular flexibility index (Phi) is 5.82. The van der Waals surface area contributed by atoms with Crippen molar-refractivity contribution in [3.8, 4) is 21.8 Å². The minimum Gasteiger partial charge on any atom is -0.351 e. The number of likely N-dealkylation sites (N-methyl/N-ethyl adjacent to an activating group) is 1. The molecule has 5 rings (SSSR count). The molecule has 1 saturated heterocycles. The summed E-state index contributed by atoms with van der Waals surface area (Å²) in [5.41, 5.74) is 2.38. The van der Waals surface area contributed by atoms with Gasteiger partial charge in [-0.2, -0.15) is 0 Å². The molecule has 1 aliphatic carbocycles. The van der Waals surface area contributed by atoms with Gasteiger partial charge in [-0.25, -0.2) is 19.3 Å². The molecule has 2 aliphatic rings. The van der Waals surface area contributed by atoms with Gasteiger partial charge in [-0.05, 0) is 38.1 Å². The first-order valence-corrected chi connectivity index (χ1v) is 11.8. The van der Waals surface area contributed by atoms with Gasteiger partial charge in [0.15, 0.2) is 5.13 Å². The number of hydrogen-bond acceptors (Lipinski definition) is 7. The number of anilines is 2. The normalized spacial score (nSPS) is 17.9. The van der Waals surface area contributed by atoms with E-state index in [4.69, 9.17) is 9.97 Å². The fraction of sp³-hybridized carbons (Fsp3) is 0.435. The quantitative estimate of drug-likeness (QED) is 0.632. The summed E-state index contributed by atoms with van der Waals surface area (Å²) in [4.78, 5) is 19.8. The van der Waals surface area contributed by atoms with E-state index in [0.29, 0.717) is 12.0 Å². The summed E-state index contributed by atoms with van der Waals surface area (Å²) >= 11 is 1.63. The Bertz CT molecular complexity index is 1040. The second-order valence-corrected chi connectivity index (χ2v) is 9.34. The summed E-state index contributed by atoms with van der Waals surface area (Å²) in [6.07, 6.45) is 6.63. The molecule has 2 fully saturated rings. The number of rotatable bonds is 5. The van der Waals surface area contributed by atoms with Crippen molar-refractivity contribution in [3.05, 3.63) is 42.3 Å². The number of thiazole rings is 1. The molecule has 0 unspecified atom stereocenters. The van der Waals surface area contributed by atoms with Crippen LogP contribution in [-0.4, -0.2) is 59.1 Å². The van der Waals surface area contributed by atoms with E-state index in [1.54, 1.807) is 29.7 Å². The maximum Gasteiger partial charge on any atom is 0.223 e. The number of halogens is 1. The molecular formula is C23H27FN6S. The van der Waals surface area contributed by atoms with Gasteiger partial charge in [0.1, 0.15) is 5.82 Å². The van der Waals surface area contributed by atoms with Crippen LogP contribution in [0.3, 0.4) is 0 Å². The van der Waals surface area contributed by atoms with Gasteiger partial charge >= 0.3 is 0 Å². The predicted octanol–water partition coefficient (Wildman–Crippen LogP) is 4.51. The monoisotopic (exact) mass is 438 g/mol. The Labute approximate surface area is 186 Å². The summed E-state index contributed by atoms with van der Waals surface area (Å²) in [7, 11) is 2.14. The second-order valence-electron chi connectivity index (χ2n) is 8.37. The summed E-state index contributed by atoms with van der Waals surface area (Å²) in [6.45, 7) is 3.88. The van der Waals surface area contributed by atoms with Gasteiger partial charge in [0.25, 0.3) is 0 Å². The van der Waals surface area contributed by atoms with Crippen LogP contribution in [0.1, 0.15) is 25.7 Å². The zero-order chi connectivity index (χ0) is 21.2. The molecule has 3 heterocycles. The SMILES string of the molecule is CN1CCN(c2nc(-c3cccc(F)c3)c(-c3ccnc(NC4CCCC4)n3)s2)CC1. The van der Waals surface area contributed by atoms with Crippen molar-refractivity contribution >= 4 is 22.4 Å². The minimum atomic E-state index is -0.260. The molecule has 3 aromatic rings. The average molecular weight is 439 g/mol. The van der Waals surface area contributed by atoms with Crippen LogP contribution in [0.4, 0.5) is 15.5 Å². The van der Waals surface area contributed by atoms with E-state index in [2.05, 4.69) is 27.1 Å². The van der Waals surface area contributed by atoms with E-state index in [9.17, 15) is 4.39 Å². The number of aromatic nitrogens is 3. The van der Waals surface area contributed by atoms with Gasteiger partial charge in [-0.15, -0.1) is 0 Å². The fourth-order valence-corrected chi connectivity index (χ4v) is 5.36. The lowest BCUT2D eigenvalue weighted by molar-refractivity contribution is 0.313. The molecule has 0 amide bonds. The highest BCUT2D eigenvalue weighted by Crippen LogP contribution is 2.40. The van der Waals surface area contributed by atoms with Gasteiger partial charge in [0.05, 0.1) is 16.3 Å². The fourth-order valence-electron chi connectivity index (χ4n) is 4.25. The smallest absolute Gasteiger partial charge is 0.223 e. The molecule has 31 heavy (non-hydrogen) atoms. The van der Waals surface area contributed by atoms with Crippen molar-refractivity contribution in [1.82, 2.24) is 19.9 Å². The van der Waals surface area contributed by atoms with Gasteiger partial charge in [-0.3, -0.25) is 0 Å². The molecule has 0 radical (unpaired) electrons. The van der Waals surface area contributed by atoms with Crippen molar-refractivity contribution in [3.63, 3.8) is 0 Å². The zero-order valence-corrected chi connectivity index (χ0v) is 18.5. The summed E-state index contributed by atoms with van der Waals surface area (Å²) in [5.74, 6) is 0.396. The van der Waals surface area contributed by atoms with Crippen molar-refractivity contribution in [2.75, 3.05) is 43.4 Å². The topological polar surface area (TPSA) is 57.2 Å². The van der Waals surface area contributed by atoms with Gasteiger partial charge < -0.3 is 15.1 Å². The van der Waals surface area contributed by atoms with Crippen LogP contribution < -0.4 is 10.2 Å². The first kappa shape index (κ1) is 20.3. The molecule has 1 saturated carbocycles. The largest absolute Gasteiger partial charge is 0.351 e. The molecular weight excluding hydrogens is 411 g/mol. The van der Waals surface area contributed by atoms with Gasteiger partial charge in [-0.1, -0.05) is 36.3 Å². The summed E-state index contributed by atoms with van der Waals surface area (Å²) < 4.78 is 14.0. The van der Waals surface area contributed by atoms with Crippen LogP contribution in [0.25, 0.3) is 21.8 Å². The van der Waals surface area contributed by atoms with E-state index >= 15 is 0 Å². The first-order valence-electron chi connectivity index (χ1n) is 11.0. The maximum absolute atomic E-state index is 14.0. The molecule has 162 valence electrons. The first-order chi connectivity index (χ1) is 15.2. The third-order valence-electron chi connectivity index (χ3n) is 6.06. The molecule has 0 atom stereocenters. The second kappa shape index (κ2) is 8.88. The summed E-state index contributed by atoms with van der Waals surface area (Å²) in [6, 6.07) is 9.02. The standard InChI is InChI=1S/C23H27FN6S/c1-29-11-13-30(14-12-29)23-28-20(16-5-4-6-17(24)15-16)21(31-23)19-9-10-25-22(27-19)26-18-7-2-3-8-18/h4-6,9-10,15,18H,2-3,7-8,11-14H2,1H3,(H,25,26,27). The molecule has 2 aromatic heterocycles. The zero-order valence-electron chi connectivity index (χ0n) is 17.7. The molecule has 1 aliphatic heterocycles. The highest BCUT2D eigenvalue weighted by Gasteiger charge is 2.23. The van der Waals surface area contributed by atoms with E-state index in [1.165, 1.54) is 18.9 Å². The lowest BCUT2D eigenvalue weighted by atomic mass is 10.1. The summed E-state index contributed by atoms with van der Waals surface area (Å²) in [5, 5.41) is 4.44. The molecule has 1 N–H and O–H groups in total. The highest BCUT2D eigenvalue weighted by molar-refractivity contribution is 7.19. The number of hydrogen-bond donors (Lipinski definition) is 1. The predicted molar refractivity (Wildman–Crippen MR) is 124 cm³/mol. The number of benzene rings is 1. The Hall–Kier alpha value is -2.58. The third kappa shape index (κ3) is 4.55.